The maximum Gasteiger partial charge on any atom is 0.246 e. The summed E-state index contributed by atoms with van der Waals surface area (Å²) in [6.45, 7) is 3.75. The van der Waals surface area contributed by atoms with Gasteiger partial charge in [0.1, 0.15) is 11.8 Å². The van der Waals surface area contributed by atoms with E-state index in [4.69, 9.17) is 10.00 Å². The highest BCUT2D eigenvalue weighted by molar-refractivity contribution is 5.97. The van der Waals surface area contributed by atoms with Crippen molar-refractivity contribution in [1.82, 2.24) is 0 Å². The normalized spacial score (nSPS) is 11.2. The van der Waals surface area contributed by atoms with Gasteiger partial charge in [0.25, 0.3) is 0 Å². The van der Waals surface area contributed by atoms with Crippen molar-refractivity contribution in [3.8, 4) is 11.8 Å². The molecule has 1 amide bonds. The van der Waals surface area contributed by atoms with Crippen LogP contribution in [0.15, 0.2) is 42.5 Å². The molecule has 0 fully saturated rings. The summed E-state index contributed by atoms with van der Waals surface area (Å²) in [6, 6.07) is 14.8. The summed E-state index contributed by atoms with van der Waals surface area (Å²) in [5, 5.41) is 14.7. The third kappa shape index (κ3) is 4.50. The Morgan fingerprint density at radius 1 is 1.25 bits per heavy atom. The summed E-state index contributed by atoms with van der Waals surface area (Å²) in [5.74, 6) is 0.474. The van der Waals surface area contributed by atoms with Gasteiger partial charge in [-0.1, -0.05) is 18.2 Å². The molecule has 1 atom stereocenters. The number of benzene rings is 2. The summed E-state index contributed by atoms with van der Waals surface area (Å²) in [5.41, 5.74) is 3.47. The molecule has 2 N–H and O–H groups in total. The molecule has 0 aromatic heterocycles. The van der Waals surface area contributed by atoms with E-state index in [2.05, 4.69) is 16.7 Å². The second kappa shape index (κ2) is 8.02. The highest BCUT2D eigenvalue weighted by Crippen LogP contribution is 2.25. The third-order valence-corrected chi connectivity index (χ3v) is 3.63. The van der Waals surface area contributed by atoms with E-state index < -0.39 is 6.04 Å². The average molecular weight is 323 g/mol. The minimum atomic E-state index is -0.419. The van der Waals surface area contributed by atoms with Gasteiger partial charge < -0.3 is 15.4 Å². The van der Waals surface area contributed by atoms with Crippen molar-refractivity contribution in [2.45, 2.75) is 26.3 Å². The van der Waals surface area contributed by atoms with Gasteiger partial charge in [0.15, 0.2) is 0 Å². The van der Waals surface area contributed by atoms with Crippen LogP contribution in [0.4, 0.5) is 11.4 Å². The fourth-order valence-corrected chi connectivity index (χ4v) is 2.29. The molecule has 0 radical (unpaired) electrons. The SMILES string of the molecule is COc1ccc(C)cc1NC(=O)C(C)Nc1ccc(CC#N)cc1. The van der Waals surface area contributed by atoms with Crippen molar-refractivity contribution in [2.75, 3.05) is 17.7 Å². The van der Waals surface area contributed by atoms with Crippen molar-refractivity contribution in [1.29, 1.82) is 5.26 Å². The van der Waals surface area contributed by atoms with Crippen LogP contribution in [-0.2, 0) is 11.2 Å². The van der Waals surface area contributed by atoms with E-state index in [0.29, 0.717) is 17.9 Å². The van der Waals surface area contributed by atoms with Crippen molar-refractivity contribution < 1.29 is 9.53 Å². The maximum atomic E-state index is 12.4. The number of anilines is 2. The molecular weight excluding hydrogens is 302 g/mol. The number of nitriles is 1. The zero-order valence-electron chi connectivity index (χ0n) is 14.1. The van der Waals surface area contributed by atoms with Gasteiger partial charge >= 0.3 is 0 Å². The summed E-state index contributed by atoms with van der Waals surface area (Å²) in [6.07, 6.45) is 0.378. The number of rotatable bonds is 6. The van der Waals surface area contributed by atoms with E-state index in [1.807, 2.05) is 49.4 Å². The molecule has 2 aromatic rings. The second-order valence-electron chi connectivity index (χ2n) is 5.59. The molecule has 124 valence electrons. The first-order valence-electron chi connectivity index (χ1n) is 7.71. The Kier molecular flexibility index (Phi) is 5.80. The predicted octanol–water partition coefficient (Wildman–Crippen LogP) is 3.51. The Hall–Kier alpha value is -3.00. The fraction of sp³-hybridized carbons (Fsp3) is 0.263. The Bertz CT molecular complexity index is 748. The number of nitrogens with zero attached hydrogens (tertiary/aromatic N) is 1. The number of carbonyl (C=O) groups excluding carboxylic acids is 1. The largest absolute Gasteiger partial charge is 0.495 e. The molecule has 0 aliphatic rings. The van der Waals surface area contributed by atoms with Crippen LogP contribution in [-0.4, -0.2) is 19.1 Å². The molecule has 0 spiro atoms. The van der Waals surface area contributed by atoms with Crippen LogP contribution < -0.4 is 15.4 Å². The van der Waals surface area contributed by atoms with Crippen molar-refractivity contribution in [3.63, 3.8) is 0 Å². The summed E-state index contributed by atoms with van der Waals surface area (Å²) in [7, 11) is 1.57. The molecular formula is C19H21N3O2. The Balaban J connectivity index is 2.02. The van der Waals surface area contributed by atoms with Gasteiger partial charge in [0.2, 0.25) is 5.91 Å². The first-order valence-corrected chi connectivity index (χ1v) is 7.71. The minimum Gasteiger partial charge on any atom is -0.495 e. The lowest BCUT2D eigenvalue weighted by atomic mass is 10.1. The minimum absolute atomic E-state index is 0.153. The monoisotopic (exact) mass is 323 g/mol. The molecule has 0 aliphatic carbocycles. The lowest BCUT2D eigenvalue weighted by Crippen LogP contribution is -2.32. The molecule has 2 rings (SSSR count). The molecule has 1 unspecified atom stereocenters. The molecule has 0 heterocycles. The number of hydrogen-bond acceptors (Lipinski definition) is 4. The van der Waals surface area contributed by atoms with Gasteiger partial charge in [-0.15, -0.1) is 0 Å². The first kappa shape index (κ1) is 17.4. The van der Waals surface area contributed by atoms with Crippen LogP contribution in [0.5, 0.6) is 5.75 Å². The molecule has 0 bridgehead atoms. The summed E-state index contributed by atoms with van der Waals surface area (Å²) >= 11 is 0. The van der Waals surface area contributed by atoms with E-state index in [1.54, 1.807) is 14.0 Å². The molecule has 0 saturated carbocycles. The van der Waals surface area contributed by atoms with E-state index in [1.165, 1.54) is 0 Å². The highest BCUT2D eigenvalue weighted by atomic mass is 16.5. The Morgan fingerprint density at radius 3 is 2.58 bits per heavy atom. The van der Waals surface area contributed by atoms with E-state index in [9.17, 15) is 4.79 Å². The van der Waals surface area contributed by atoms with Gasteiger partial charge in [0, 0.05) is 5.69 Å². The van der Waals surface area contributed by atoms with Gasteiger partial charge in [0.05, 0.1) is 25.3 Å². The number of carbonyl (C=O) groups is 1. The molecule has 5 heteroatoms. The second-order valence-corrected chi connectivity index (χ2v) is 5.59. The van der Waals surface area contributed by atoms with Gasteiger partial charge in [-0.2, -0.15) is 5.26 Å². The number of hydrogen-bond donors (Lipinski definition) is 2. The highest BCUT2D eigenvalue weighted by Gasteiger charge is 2.15. The van der Waals surface area contributed by atoms with Crippen LogP contribution >= 0.6 is 0 Å². The number of amides is 1. The van der Waals surface area contributed by atoms with Crippen LogP contribution in [0.2, 0.25) is 0 Å². The van der Waals surface area contributed by atoms with E-state index >= 15 is 0 Å². The lowest BCUT2D eigenvalue weighted by Gasteiger charge is -2.17. The van der Waals surface area contributed by atoms with Gasteiger partial charge in [-0.25, -0.2) is 0 Å². The van der Waals surface area contributed by atoms with Crippen molar-refractivity contribution >= 4 is 17.3 Å². The Labute approximate surface area is 142 Å². The third-order valence-electron chi connectivity index (χ3n) is 3.63. The van der Waals surface area contributed by atoms with Gasteiger partial charge in [-0.05, 0) is 49.2 Å². The predicted molar refractivity (Wildman–Crippen MR) is 95.2 cm³/mol. The lowest BCUT2D eigenvalue weighted by molar-refractivity contribution is -0.116. The quantitative estimate of drug-likeness (QED) is 0.853. The molecule has 0 aliphatic heterocycles. The number of nitrogens with one attached hydrogen (secondary N) is 2. The van der Waals surface area contributed by atoms with E-state index in [0.717, 1.165) is 16.8 Å². The van der Waals surface area contributed by atoms with Crippen LogP contribution in [0.1, 0.15) is 18.1 Å². The number of aryl methyl sites for hydroxylation is 1. The van der Waals surface area contributed by atoms with E-state index in [-0.39, 0.29) is 5.91 Å². The van der Waals surface area contributed by atoms with Crippen molar-refractivity contribution in [2.24, 2.45) is 0 Å². The van der Waals surface area contributed by atoms with Gasteiger partial charge in [-0.3, -0.25) is 4.79 Å². The zero-order chi connectivity index (χ0) is 17.5. The summed E-state index contributed by atoms with van der Waals surface area (Å²) < 4.78 is 5.27. The van der Waals surface area contributed by atoms with Crippen LogP contribution in [0.3, 0.4) is 0 Å². The summed E-state index contributed by atoms with van der Waals surface area (Å²) in [4.78, 5) is 12.4. The topological polar surface area (TPSA) is 74.2 Å². The average Bonchev–Trinajstić information content (AvgIpc) is 2.57. The maximum absolute atomic E-state index is 12.4. The number of methoxy groups -OCH3 is 1. The Morgan fingerprint density at radius 2 is 1.96 bits per heavy atom. The van der Waals surface area contributed by atoms with Crippen LogP contribution in [0, 0.1) is 18.3 Å². The molecule has 24 heavy (non-hydrogen) atoms. The first-order chi connectivity index (χ1) is 11.5. The smallest absolute Gasteiger partial charge is 0.246 e. The fourth-order valence-electron chi connectivity index (χ4n) is 2.29. The zero-order valence-corrected chi connectivity index (χ0v) is 14.1. The molecule has 0 saturated heterocycles. The molecule has 5 nitrogen and oxygen atoms in total. The van der Waals surface area contributed by atoms with Crippen molar-refractivity contribution in [3.05, 3.63) is 53.6 Å². The molecule has 2 aromatic carbocycles. The number of ether oxygens (including phenoxy) is 1. The van der Waals surface area contributed by atoms with Crippen LogP contribution in [0.25, 0.3) is 0 Å². The standard InChI is InChI=1S/C19H21N3O2/c1-13-4-9-18(24-3)17(12-13)22-19(23)14(2)21-16-7-5-15(6-8-16)10-11-20/h4-9,12,14,21H,10H2,1-3H3,(H,22,23).